The number of nitrogens with one attached hydrogen (secondary N) is 2. The van der Waals surface area contributed by atoms with Gasteiger partial charge in [0.05, 0.1) is 4.90 Å². The maximum absolute atomic E-state index is 13.0. The van der Waals surface area contributed by atoms with Crippen LogP contribution in [-0.2, 0) is 28.3 Å². The van der Waals surface area contributed by atoms with Crippen LogP contribution in [0.2, 0.25) is 0 Å². The first-order valence-electron chi connectivity index (χ1n) is 9.38. The Bertz CT molecular complexity index is 1050. The van der Waals surface area contributed by atoms with Crippen LogP contribution in [0.4, 0.5) is 4.39 Å². The minimum absolute atomic E-state index is 0.0348. The molecule has 1 aromatic heterocycles. The van der Waals surface area contributed by atoms with Crippen molar-refractivity contribution in [3.8, 4) is 0 Å². The van der Waals surface area contributed by atoms with Gasteiger partial charge in [-0.25, -0.2) is 22.5 Å². The fourth-order valence-corrected chi connectivity index (χ4v) is 3.87. The molecule has 8 heteroatoms. The molecule has 2 aromatic carbocycles. The molecule has 2 N–H and O–H groups in total. The summed E-state index contributed by atoms with van der Waals surface area (Å²) in [5.74, 6) is 0.882. The molecule has 0 aliphatic heterocycles. The highest BCUT2D eigenvalue weighted by molar-refractivity contribution is 7.89. The number of sulfonamides is 1. The summed E-state index contributed by atoms with van der Waals surface area (Å²) < 4.78 is 40.5. The van der Waals surface area contributed by atoms with Crippen LogP contribution in [0.25, 0.3) is 0 Å². The lowest BCUT2D eigenvalue weighted by Crippen LogP contribution is -2.26. The van der Waals surface area contributed by atoms with Gasteiger partial charge in [-0.05, 0) is 40.8 Å². The van der Waals surface area contributed by atoms with E-state index in [1.165, 1.54) is 12.1 Å². The Labute approximate surface area is 170 Å². The summed E-state index contributed by atoms with van der Waals surface area (Å²) in [5, 5.41) is 6.95. The first-order valence-corrected chi connectivity index (χ1v) is 10.9. The Kier molecular flexibility index (Phi) is 6.14. The van der Waals surface area contributed by atoms with Gasteiger partial charge in [0.1, 0.15) is 11.6 Å². The fraction of sp³-hybridized carbons (Fsp3) is 0.333. The minimum atomic E-state index is -3.59. The SMILES string of the molecule is CC(C)(C)c1ccc(S(=O)(=O)NCCc2n[nH]c(Cc3ccc(F)cc3)n2)cc1. The number of benzene rings is 2. The monoisotopic (exact) mass is 416 g/mol. The van der Waals surface area contributed by atoms with Crippen molar-refractivity contribution in [3.05, 3.63) is 77.1 Å². The van der Waals surface area contributed by atoms with Gasteiger partial charge in [-0.2, -0.15) is 5.10 Å². The molecule has 154 valence electrons. The first-order chi connectivity index (χ1) is 13.6. The molecule has 0 radical (unpaired) electrons. The lowest BCUT2D eigenvalue weighted by Gasteiger charge is -2.19. The van der Waals surface area contributed by atoms with E-state index in [-0.39, 0.29) is 22.7 Å². The van der Waals surface area contributed by atoms with E-state index >= 15 is 0 Å². The number of aromatic nitrogens is 3. The van der Waals surface area contributed by atoms with Crippen LogP contribution in [0.15, 0.2) is 53.4 Å². The van der Waals surface area contributed by atoms with Crippen molar-refractivity contribution in [1.29, 1.82) is 0 Å². The van der Waals surface area contributed by atoms with E-state index in [0.717, 1.165) is 11.1 Å². The molecule has 0 amide bonds. The molecule has 0 bridgehead atoms. The number of H-pyrrole nitrogens is 1. The molecule has 0 saturated carbocycles. The molecule has 29 heavy (non-hydrogen) atoms. The number of rotatable bonds is 7. The zero-order chi connectivity index (χ0) is 21.1. The van der Waals surface area contributed by atoms with Crippen LogP contribution in [0.1, 0.15) is 43.5 Å². The van der Waals surface area contributed by atoms with Crippen molar-refractivity contribution in [1.82, 2.24) is 19.9 Å². The molecule has 0 spiro atoms. The smallest absolute Gasteiger partial charge is 0.240 e. The quantitative estimate of drug-likeness (QED) is 0.618. The van der Waals surface area contributed by atoms with Gasteiger partial charge in [0.2, 0.25) is 10.0 Å². The molecular weight excluding hydrogens is 391 g/mol. The maximum atomic E-state index is 13.0. The minimum Gasteiger partial charge on any atom is -0.263 e. The normalized spacial score (nSPS) is 12.3. The summed E-state index contributed by atoms with van der Waals surface area (Å²) in [7, 11) is -3.59. The van der Waals surface area contributed by atoms with Gasteiger partial charge in [0.25, 0.3) is 0 Å². The van der Waals surface area contributed by atoms with Gasteiger partial charge in [0, 0.05) is 19.4 Å². The predicted octanol–water partition coefficient (Wildman–Crippen LogP) is 3.35. The summed E-state index contributed by atoms with van der Waals surface area (Å²) >= 11 is 0. The van der Waals surface area contributed by atoms with Crippen molar-refractivity contribution in [3.63, 3.8) is 0 Å². The maximum Gasteiger partial charge on any atom is 0.240 e. The van der Waals surface area contributed by atoms with E-state index in [9.17, 15) is 12.8 Å². The lowest BCUT2D eigenvalue weighted by molar-refractivity contribution is 0.578. The topological polar surface area (TPSA) is 87.7 Å². The van der Waals surface area contributed by atoms with Gasteiger partial charge >= 0.3 is 0 Å². The van der Waals surface area contributed by atoms with Gasteiger partial charge in [-0.3, -0.25) is 5.10 Å². The van der Waals surface area contributed by atoms with Crippen LogP contribution in [0.3, 0.4) is 0 Å². The van der Waals surface area contributed by atoms with Crippen LogP contribution >= 0.6 is 0 Å². The van der Waals surface area contributed by atoms with E-state index in [1.807, 2.05) is 12.1 Å². The number of nitrogens with zero attached hydrogens (tertiary/aromatic N) is 2. The molecule has 3 aromatic rings. The molecule has 6 nitrogen and oxygen atoms in total. The second-order valence-corrected chi connectivity index (χ2v) is 9.69. The van der Waals surface area contributed by atoms with Crippen LogP contribution in [0, 0.1) is 5.82 Å². The number of aromatic amines is 1. The third kappa shape index (κ3) is 5.71. The van der Waals surface area contributed by atoms with Crippen molar-refractivity contribution in [2.45, 2.75) is 43.9 Å². The third-order valence-electron chi connectivity index (χ3n) is 4.53. The Hall–Kier alpha value is -2.58. The molecule has 1 heterocycles. The zero-order valence-electron chi connectivity index (χ0n) is 16.7. The molecule has 0 aliphatic carbocycles. The van der Waals surface area contributed by atoms with Crippen molar-refractivity contribution in [2.75, 3.05) is 6.54 Å². The van der Waals surface area contributed by atoms with E-state index in [2.05, 4.69) is 40.7 Å². The average Bonchev–Trinajstić information content (AvgIpc) is 3.10. The summed E-state index contributed by atoms with van der Waals surface area (Å²) in [5.41, 5.74) is 1.95. The van der Waals surface area contributed by atoms with Gasteiger partial charge in [0.15, 0.2) is 5.82 Å². The van der Waals surface area contributed by atoms with Gasteiger partial charge < -0.3 is 0 Å². The van der Waals surface area contributed by atoms with E-state index in [0.29, 0.717) is 24.5 Å². The van der Waals surface area contributed by atoms with Crippen molar-refractivity contribution in [2.24, 2.45) is 0 Å². The van der Waals surface area contributed by atoms with Crippen LogP contribution in [-0.4, -0.2) is 30.1 Å². The summed E-state index contributed by atoms with van der Waals surface area (Å²) in [6.07, 6.45) is 0.859. The highest BCUT2D eigenvalue weighted by Crippen LogP contribution is 2.23. The molecule has 0 atom stereocenters. The largest absolute Gasteiger partial charge is 0.263 e. The molecule has 0 saturated heterocycles. The Morgan fingerprint density at radius 2 is 1.69 bits per heavy atom. The summed E-state index contributed by atoms with van der Waals surface area (Å²) in [6, 6.07) is 13.1. The second-order valence-electron chi connectivity index (χ2n) is 7.92. The predicted molar refractivity (Wildman–Crippen MR) is 110 cm³/mol. The lowest BCUT2D eigenvalue weighted by atomic mass is 9.87. The Morgan fingerprint density at radius 1 is 1.03 bits per heavy atom. The fourth-order valence-electron chi connectivity index (χ4n) is 2.84. The number of hydrogen-bond acceptors (Lipinski definition) is 4. The number of hydrogen-bond donors (Lipinski definition) is 2. The van der Waals surface area contributed by atoms with Gasteiger partial charge in [-0.1, -0.05) is 45.0 Å². The summed E-state index contributed by atoms with van der Waals surface area (Å²) in [6.45, 7) is 6.43. The highest BCUT2D eigenvalue weighted by atomic mass is 32.2. The second kappa shape index (κ2) is 8.42. The van der Waals surface area contributed by atoms with Gasteiger partial charge in [-0.15, -0.1) is 0 Å². The van der Waals surface area contributed by atoms with Crippen LogP contribution in [0.5, 0.6) is 0 Å². The van der Waals surface area contributed by atoms with E-state index in [4.69, 9.17) is 0 Å². The Balaban J connectivity index is 1.55. The van der Waals surface area contributed by atoms with Crippen molar-refractivity contribution >= 4 is 10.0 Å². The molecule has 0 unspecified atom stereocenters. The van der Waals surface area contributed by atoms with E-state index in [1.54, 1.807) is 24.3 Å². The molecule has 3 rings (SSSR count). The number of halogens is 1. The molecule has 0 aliphatic rings. The summed E-state index contributed by atoms with van der Waals surface area (Å²) in [4.78, 5) is 4.60. The molecular formula is C21H25FN4O2S. The van der Waals surface area contributed by atoms with Crippen LogP contribution < -0.4 is 4.72 Å². The Morgan fingerprint density at radius 3 is 2.31 bits per heavy atom. The zero-order valence-corrected chi connectivity index (χ0v) is 17.6. The standard InChI is InChI=1S/C21H25FN4O2S/c1-21(2,3)16-6-10-18(11-7-16)29(27,28)23-13-12-19-24-20(26-25-19)14-15-4-8-17(22)9-5-15/h4-11,23H,12-14H2,1-3H3,(H,24,25,26). The first kappa shape index (κ1) is 21.1. The molecule has 0 fully saturated rings. The van der Waals surface area contributed by atoms with Crippen molar-refractivity contribution < 1.29 is 12.8 Å². The van der Waals surface area contributed by atoms with E-state index < -0.39 is 10.0 Å². The highest BCUT2D eigenvalue weighted by Gasteiger charge is 2.17. The third-order valence-corrected chi connectivity index (χ3v) is 6.01. The average molecular weight is 417 g/mol.